The summed E-state index contributed by atoms with van der Waals surface area (Å²) in [6, 6.07) is 0. The highest BCUT2D eigenvalue weighted by Gasteiger charge is 2.14. The fraction of sp³-hybridized carbons (Fsp3) is 0.909. The molecule has 6 nitrogen and oxygen atoms in total. The third kappa shape index (κ3) is 10.4. The molecular weight excluding hydrogens is 379 g/mol. The molecule has 0 spiro atoms. The molecule has 0 aliphatic rings. The van der Waals surface area contributed by atoms with Crippen LogP contribution >= 0.6 is 24.0 Å². The third-order valence-electron chi connectivity index (χ3n) is 2.26. The van der Waals surface area contributed by atoms with Crippen LogP contribution in [0.5, 0.6) is 0 Å². The van der Waals surface area contributed by atoms with E-state index in [0.717, 1.165) is 0 Å². The van der Waals surface area contributed by atoms with E-state index in [1.54, 1.807) is 14.0 Å². The van der Waals surface area contributed by atoms with Gasteiger partial charge in [-0.05, 0) is 34.1 Å². The molecule has 0 saturated carbocycles. The van der Waals surface area contributed by atoms with E-state index in [4.69, 9.17) is 5.73 Å². The fourth-order valence-electron chi connectivity index (χ4n) is 1.28. The minimum absolute atomic E-state index is 0. The Morgan fingerprint density at radius 3 is 2.32 bits per heavy atom. The molecule has 0 aliphatic carbocycles. The quantitative estimate of drug-likeness (QED) is 0.298. The summed E-state index contributed by atoms with van der Waals surface area (Å²) in [6.45, 7) is 8.60. The lowest BCUT2D eigenvalue weighted by Crippen LogP contribution is -2.45. The van der Waals surface area contributed by atoms with Crippen LogP contribution < -0.4 is 11.1 Å². The maximum atomic E-state index is 11.5. The summed E-state index contributed by atoms with van der Waals surface area (Å²) < 4.78 is 24.3. The molecule has 0 rings (SSSR count). The van der Waals surface area contributed by atoms with Gasteiger partial charge in [0.1, 0.15) is 0 Å². The normalized spacial score (nSPS) is 13.3. The van der Waals surface area contributed by atoms with E-state index >= 15 is 0 Å². The Bertz CT molecular complexity index is 377. The highest BCUT2D eigenvalue weighted by molar-refractivity contribution is 14.0. The van der Waals surface area contributed by atoms with Gasteiger partial charge in [0.25, 0.3) is 0 Å². The fourth-order valence-corrected chi connectivity index (χ4v) is 2.12. The molecule has 116 valence electrons. The molecule has 0 atom stereocenters. The summed E-state index contributed by atoms with van der Waals surface area (Å²) >= 11 is 0. The van der Waals surface area contributed by atoms with Crippen molar-refractivity contribution in [1.29, 1.82) is 0 Å². The standard InChI is InChI=1S/C11H26N4O2S.HI/c1-6-18(16,17)15(5)9-7-8-13-10(12)14-11(2,3)4;/h6-9H2,1-5H3,(H3,12,13,14);1H. The number of guanidine groups is 1. The SMILES string of the molecule is CCS(=O)(=O)N(C)CCCN=C(N)NC(C)(C)C.I. The Kier molecular flexibility index (Phi) is 10.0. The number of hydrogen-bond acceptors (Lipinski definition) is 3. The first-order valence-electron chi connectivity index (χ1n) is 6.10. The van der Waals surface area contributed by atoms with Gasteiger partial charge in [0, 0.05) is 25.7 Å². The van der Waals surface area contributed by atoms with Crippen LogP contribution in [0.15, 0.2) is 4.99 Å². The van der Waals surface area contributed by atoms with E-state index < -0.39 is 10.0 Å². The van der Waals surface area contributed by atoms with Crippen LogP contribution in [0.2, 0.25) is 0 Å². The van der Waals surface area contributed by atoms with Crippen LogP contribution in [-0.2, 0) is 10.0 Å². The van der Waals surface area contributed by atoms with E-state index in [-0.39, 0.29) is 35.3 Å². The number of aliphatic imine (C=N–C) groups is 1. The number of rotatable bonds is 6. The largest absolute Gasteiger partial charge is 0.370 e. The Morgan fingerprint density at radius 2 is 1.89 bits per heavy atom. The molecule has 0 heterocycles. The predicted octanol–water partition coefficient (Wildman–Crippen LogP) is 0.979. The molecule has 8 heteroatoms. The minimum atomic E-state index is -3.09. The van der Waals surface area contributed by atoms with Gasteiger partial charge in [-0.3, -0.25) is 4.99 Å². The molecule has 0 aromatic carbocycles. The maximum Gasteiger partial charge on any atom is 0.213 e. The lowest BCUT2D eigenvalue weighted by molar-refractivity contribution is 0.464. The third-order valence-corrected chi connectivity index (χ3v) is 4.12. The zero-order valence-corrected chi connectivity index (χ0v) is 15.6. The van der Waals surface area contributed by atoms with Gasteiger partial charge in [0.15, 0.2) is 5.96 Å². The Labute approximate surface area is 134 Å². The van der Waals surface area contributed by atoms with Crippen LogP contribution in [0.25, 0.3) is 0 Å². The van der Waals surface area contributed by atoms with Crippen molar-refractivity contribution in [3.8, 4) is 0 Å². The zero-order chi connectivity index (χ0) is 14.4. The molecule has 3 N–H and O–H groups in total. The molecule has 0 saturated heterocycles. The molecule has 0 aliphatic heterocycles. The monoisotopic (exact) mass is 406 g/mol. The second kappa shape index (κ2) is 8.96. The van der Waals surface area contributed by atoms with Gasteiger partial charge in [0.2, 0.25) is 10.0 Å². The number of nitrogens with two attached hydrogens (primary N) is 1. The summed E-state index contributed by atoms with van der Waals surface area (Å²) in [4.78, 5) is 4.15. The predicted molar refractivity (Wildman–Crippen MR) is 91.5 cm³/mol. The van der Waals surface area contributed by atoms with E-state index in [1.807, 2.05) is 20.8 Å². The average Bonchev–Trinajstić information content (AvgIpc) is 2.21. The van der Waals surface area contributed by atoms with Crippen molar-refractivity contribution in [3.63, 3.8) is 0 Å². The van der Waals surface area contributed by atoms with Crippen LogP contribution in [0, 0.1) is 0 Å². The summed E-state index contributed by atoms with van der Waals surface area (Å²) in [7, 11) is -1.51. The lowest BCUT2D eigenvalue weighted by Gasteiger charge is -2.21. The van der Waals surface area contributed by atoms with E-state index in [1.165, 1.54) is 4.31 Å². The van der Waals surface area contributed by atoms with E-state index in [9.17, 15) is 8.42 Å². The van der Waals surface area contributed by atoms with Gasteiger partial charge in [-0.1, -0.05) is 0 Å². The van der Waals surface area contributed by atoms with Crippen LogP contribution in [0.4, 0.5) is 0 Å². The van der Waals surface area contributed by atoms with Gasteiger partial charge >= 0.3 is 0 Å². The first-order chi connectivity index (χ1) is 8.08. The Balaban J connectivity index is 0. The summed E-state index contributed by atoms with van der Waals surface area (Å²) in [5, 5.41) is 3.04. The van der Waals surface area contributed by atoms with E-state index in [0.29, 0.717) is 25.5 Å². The Hall–Kier alpha value is -0.0900. The van der Waals surface area contributed by atoms with Gasteiger partial charge in [-0.2, -0.15) is 0 Å². The highest BCUT2D eigenvalue weighted by Crippen LogP contribution is 1.99. The smallest absolute Gasteiger partial charge is 0.213 e. The van der Waals surface area contributed by atoms with Crippen LogP contribution in [-0.4, -0.2) is 50.1 Å². The Morgan fingerprint density at radius 1 is 1.37 bits per heavy atom. The molecule has 0 unspecified atom stereocenters. The molecule has 0 fully saturated rings. The molecular formula is C11H27IN4O2S. The summed E-state index contributed by atoms with van der Waals surface area (Å²) in [5.41, 5.74) is 5.58. The van der Waals surface area contributed by atoms with E-state index in [2.05, 4.69) is 10.3 Å². The van der Waals surface area contributed by atoms with Crippen molar-refractivity contribution < 1.29 is 8.42 Å². The number of nitrogens with one attached hydrogen (secondary N) is 1. The van der Waals surface area contributed by atoms with Gasteiger partial charge in [0.05, 0.1) is 5.75 Å². The number of sulfonamides is 1. The number of halogens is 1. The molecule has 0 aromatic rings. The molecule has 0 bridgehead atoms. The molecule has 19 heavy (non-hydrogen) atoms. The molecule has 0 radical (unpaired) electrons. The van der Waals surface area contributed by atoms with Crippen molar-refractivity contribution in [1.82, 2.24) is 9.62 Å². The van der Waals surface area contributed by atoms with Gasteiger partial charge in [-0.15, -0.1) is 24.0 Å². The lowest BCUT2D eigenvalue weighted by atomic mass is 10.1. The topological polar surface area (TPSA) is 87.8 Å². The van der Waals surface area contributed by atoms with Crippen molar-refractivity contribution in [3.05, 3.63) is 0 Å². The zero-order valence-electron chi connectivity index (χ0n) is 12.4. The number of nitrogens with zero attached hydrogens (tertiary/aromatic N) is 2. The van der Waals surface area contributed by atoms with Gasteiger partial charge in [-0.25, -0.2) is 12.7 Å². The molecule has 0 amide bonds. The van der Waals surface area contributed by atoms with Crippen LogP contribution in [0.3, 0.4) is 0 Å². The van der Waals surface area contributed by atoms with Crippen LogP contribution in [0.1, 0.15) is 34.1 Å². The number of hydrogen-bond donors (Lipinski definition) is 2. The highest BCUT2D eigenvalue weighted by atomic mass is 127. The second-order valence-electron chi connectivity index (χ2n) is 5.22. The first-order valence-corrected chi connectivity index (χ1v) is 7.71. The maximum absolute atomic E-state index is 11.5. The summed E-state index contributed by atoms with van der Waals surface area (Å²) in [5.74, 6) is 0.518. The van der Waals surface area contributed by atoms with Crippen molar-refractivity contribution in [2.75, 3.05) is 25.9 Å². The van der Waals surface area contributed by atoms with Crippen molar-refractivity contribution in [2.45, 2.75) is 39.7 Å². The van der Waals surface area contributed by atoms with Crippen molar-refractivity contribution in [2.24, 2.45) is 10.7 Å². The average molecular weight is 406 g/mol. The first kappa shape index (κ1) is 21.2. The van der Waals surface area contributed by atoms with Gasteiger partial charge < -0.3 is 11.1 Å². The summed E-state index contributed by atoms with van der Waals surface area (Å²) in [6.07, 6.45) is 0.655. The molecule has 0 aromatic heterocycles. The minimum Gasteiger partial charge on any atom is -0.370 e. The van der Waals surface area contributed by atoms with Crippen molar-refractivity contribution >= 4 is 40.0 Å². The second-order valence-corrected chi connectivity index (χ2v) is 7.58.